The number of rotatable bonds is 7. The summed E-state index contributed by atoms with van der Waals surface area (Å²) in [5.41, 5.74) is 2.07. The lowest BCUT2D eigenvalue weighted by Gasteiger charge is -2.21. The lowest BCUT2D eigenvalue weighted by molar-refractivity contribution is -0.137. The Hall–Kier alpha value is -1.81. The number of carbonyl (C=O) groups is 1. The summed E-state index contributed by atoms with van der Waals surface area (Å²) in [5, 5.41) is 13.3. The van der Waals surface area contributed by atoms with Gasteiger partial charge in [-0.15, -0.1) is 0 Å². The number of carboxylic acids is 1. The lowest BCUT2D eigenvalue weighted by atomic mass is 9.98. The van der Waals surface area contributed by atoms with Crippen LogP contribution in [0, 0.1) is 12.8 Å². The normalized spacial score (nSPS) is 13.0. The summed E-state index contributed by atoms with van der Waals surface area (Å²) in [4.78, 5) is 10.6. The molecule has 0 saturated carbocycles. The second kappa shape index (κ2) is 6.76. The summed E-state index contributed by atoms with van der Waals surface area (Å²) in [6.45, 7) is 7.03. The number of para-hydroxylation sites is 1. The average Bonchev–Trinajstić information content (AvgIpc) is 2.76. The van der Waals surface area contributed by atoms with Crippen LogP contribution in [-0.2, 0) is 4.79 Å². The Bertz CT molecular complexity index is 616. The number of hydrogen-bond acceptors (Lipinski definition) is 3. The molecule has 0 fully saturated rings. The molecule has 0 saturated heterocycles. The van der Waals surface area contributed by atoms with E-state index in [1.807, 2.05) is 18.2 Å². The van der Waals surface area contributed by atoms with Crippen LogP contribution in [-0.4, -0.2) is 17.6 Å². The Morgan fingerprint density at radius 1 is 1.33 bits per heavy atom. The number of fused-ring (bicyclic) bond motifs is 1. The van der Waals surface area contributed by atoms with Gasteiger partial charge in [-0.1, -0.05) is 32.0 Å². The van der Waals surface area contributed by atoms with E-state index >= 15 is 0 Å². The van der Waals surface area contributed by atoms with Gasteiger partial charge in [0.1, 0.15) is 11.3 Å². The van der Waals surface area contributed by atoms with E-state index in [2.05, 4.69) is 32.2 Å². The van der Waals surface area contributed by atoms with Crippen LogP contribution in [0.15, 0.2) is 28.7 Å². The number of hydrogen-bond donors (Lipinski definition) is 2. The van der Waals surface area contributed by atoms with Crippen molar-refractivity contribution in [3.63, 3.8) is 0 Å². The van der Waals surface area contributed by atoms with Gasteiger partial charge in [0.2, 0.25) is 0 Å². The van der Waals surface area contributed by atoms with E-state index in [0.717, 1.165) is 22.3 Å². The summed E-state index contributed by atoms with van der Waals surface area (Å²) < 4.78 is 6.02. The van der Waals surface area contributed by atoms with Crippen molar-refractivity contribution in [2.45, 2.75) is 39.7 Å². The molecular formula is C17H23NO3. The smallest absolute Gasteiger partial charge is 0.303 e. The Morgan fingerprint density at radius 3 is 2.67 bits per heavy atom. The number of furan rings is 1. The largest absolute Gasteiger partial charge is 0.481 e. The second-order valence-corrected chi connectivity index (χ2v) is 5.76. The average molecular weight is 289 g/mol. The Kier molecular flexibility index (Phi) is 5.02. The van der Waals surface area contributed by atoms with Crippen molar-refractivity contribution in [2.24, 2.45) is 5.92 Å². The molecular weight excluding hydrogens is 266 g/mol. The summed E-state index contributed by atoms with van der Waals surface area (Å²) in [7, 11) is 0. The van der Waals surface area contributed by atoms with Crippen LogP contribution in [0.1, 0.15) is 44.1 Å². The first-order chi connectivity index (χ1) is 10.0. The van der Waals surface area contributed by atoms with Crippen molar-refractivity contribution in [3.05, 3.63) is 35.6 Å². The summed E-state index contributed by atoms with van der Waals surface area (Å²) in [6.07, 6.45) is 0.814. The Labute approximate surface area is 125 Å². The fourth-order valence-corrected chi connectivity index (χ4v) is 2.62. The fourth-order valence-electron chi connectivity index (χ4n) is 2.62. The molecule has 21 heavy (non-hydrogen) atoms. The molecule has 0 spiro atoms. The van der Waals surface area contributed by atoms with E-state index in [0.29, 0.717) is 18.9 Å². The van der Waals surface area contributed by atoms with Crippen molar-refractivity contribution in [3.8, 4) is 0 Å². The molecule has 1 aromatic heterocycles. The molecule has 4 nitrogen and oxygen atoms in total. The molecule has 0 radical (unpaired) electrons. The third kappa shape index (κ3) is 3.64. The van der Waals surface area contributed by atoms with E-state index in [-0.39, 0.29) is 12.5 Å². The number of aliphatic carboxylic acids is 1. The molecule has 1 atom stereocenters. The van der Waals surface area contributed by atoms with Crippen LogP contribution in [0.4, 0.5) is 0 Å². The van der Waals surface area contributed by atoms with Crippen molar-refractivity contribution in [1.29, 1.82) is 0 Å². The van der Waals surface area contributed by atoms with E-state index in [4.69, 9.17) is 9.52 Å². The molecule has 0 aliphatic rings. The number of nitrogens with one attached hydrogen (secondary N) is 1. The summed E-state index contributed by atoms with van der Waals surface area (Å²) in [6, 6.07) is 8.14. The van der Waals surface area contributed by atoms with Gasteiger partial charge in [0.05, 0.1) is 6.04 Å². The second-order valence-electron chi connectivity index (χ2n) is 5.76. The summed E-state index contributed by atoms with van der Waals surface area (Å²) in [5.74, 6) is 0.577. The minimum atomic E-state index is -0.752. The van der Waals surface area contributed by atoms with Crippen molar-refractivity contribution in [1.82, 2.24) is 5.32 Å². The third-order valence-corrected chi connectivity index (χ3v) is 3.76. The first-order valence-corrected chi connectivity index (χ1v) is 7.44. The van der Waals surface area contributed by atoms with Gasteiger partial charge in [0.15, 0.2) is 0 Å². The molecule has 4 heteroatoms. The van der Waals surface area contributed by atoms with Gasteiger partial charge in [-0.05, 0) is 37.4 Å². The molecule has 0 bridgehead atoms. The molecule has 2 aromatic rings. The van der Waals surface area contributed by atoms with Gasteiger partial charge in [-0.2, -0.15) is 0 Å². The topological polar surface area (TPSA) is 62.5 Å². The van der Waals surface area contributed by atoms with Crippen molar-refractivity contribution in [2.75, 3.05) is 6.54 Å². The minimum Gasteiger partial charge on any atom is -0.481 e. The standard InChI is InChI=1S/C17H23NO3/c1-11(2)16(18-10-6-9-15(19)20)17-12(3)13-7-4-5-8-14(13)21-17/h4-5,7-8,11,16,18H,6,9-10H2,1-3H3,(H,19,20). The number of benzene rings is 1. The van der Waals surface area contributed by atoms with Gasteiger partial charge in [-0.3, -0.25) is 4.79 Å². The highest BCUT2D eigenvalue weighted by molar-refractivity contribution is 5.82. The first kappa shape index (κ1) is 15.6. The van der Waals surface area contributed by atoms with E-state index in [9.17, 15) is 4.79 Å². The zero-order valence-corrected chi connectivity index (χ0v) is 12.8. The molecule has 1 heterocycles. The van der Waals surface area contributed by atoms with Crippen LogP contribution < -0.4 is 5.32 Å². The van der Waals surface area contributed by atoms with E-state index in [1.54, 1.807) is 0 Å². The Morgan fingerprint density at radius 2 is 2.05 bits per heavy atom. The highest BCUT2D eigenvalue weighted by Gasteiger charge is 2.22. The van der Waals surface area contributed by atoms with Crippen LogP contribution in [0.25, 0.3) is 11.0 Å². The van der Waals surface area contributed by atoms with Crippen molar-refractivity contribution < 1.29 is 14.3 Å². The maximum atomic E-state index is 10.6. The highest BCUT2D eigenvalue weighted by atomic mass is 16.4. The predicted molar refractivity (Wildman–Crippen MR) is 83.4 cm³/mol. The van der Waals surface area contributed by atoms with Gasteiger partial charge in [0, 0.05) is 11.8 Å². The zero-order chi connectivity index (χ0) is 15.4. The Balaban J connectivity index is 2.16. The minimum absolute atomic E-state index is 0.103. The maximum absolute atomic E-state index is 10.6. The van der Waals surface area contributed by atoms with E-state index in [1.165, 1.54) is 0 Å². The number of aryl methyl sites for hydroxylation is 1. The van der Waals surface area contributed by atoms with Crippen LogP contribution >= 0.6 is 0 Å². The van der Waals surface area contributed by atoms with Crippen LogP contribution in [0.2, 0.25) is 0 Å². The quantitative estimate of drug-likeness (QED) is 0.759. The molecule has 0 aliphatic carbocycles. The van der Waals surface area contributed by atoms with Gasteiger partial charge < -0.3 is 14.8 Å². The lowest BCUT2D eigenvalue weighted by Crippen LogP contribution is -2.27. The predicted octanol–water partition coefficient (Wildman–Crippen LogP) is 3.89. The molecule has 1 aromatic carbocycles. The maximum Gasteiger partial charge on any atom is 0.303 e. The van der Waals surface area contributed by atoms with Crippen LogP contribution in [0.5, 0.6) is 0 Å². The summed E-state index contributed by atoms with van der Waals surface area (Å²) >= 11 is 0. The van der Waals surface area contributed by atoms with Gasteiger partial charge in [-0.25, -0.2) is 0 Å². The zero-order valence-electron chi connectivity index (χ0n) is 12.8. The number of carboxylic acid groups (broad SMARTS) is 1. The molecule has 0 aliphatic heterocycles. The first-order valence-electron chi connectivity index (χ1n) is 7.44. The van der Waals surface area contributed by atoms with Crippen LogP contribution in [0.3, 0.4) is 0 Å². The molecule has 2 rings (SSSR count). The monoisotopic (exact) mass is 289 g/mol. The molecule has 1 unspecified atom stereocenters. The van der Waals surface area contributed by atoms with E-state index < -0.39 is 5.97 Å². The third-order valence-electron chi connectivity index (χ3n) is 3.76. The fraction of sp³-hybridized carbons (Fsp3) is 0.471. The molecule has 114 valence electrons. The van der Waals surface area contributed by atoms with Gasteiger partial charge >= 0.3 is 5.97 Å². The SMILES string of the molecule is Cc1c(C(NCCCC(=O)O)C(C)C)oc2ccccc12. The molecule has 2 N–H and O–H groups in total. The highest BCUT2D eigenvalue weighted by Crippen LogP contribution is 2.32. The van der Waals surface area contributed by atoms with Gasteiger partial charge in [0.25, 0.3) is 0 Å². The molecule has 0 amide bonds. The van der Waals surface area contributed by atoms with Crippen molar-refractivity contribution >= 4 is 16.9 Å².